The van der Waals surface area contributed by atoms with Gasteiger partial charge in [0.25, 0.3) is 11.5 Å². The second-order valence-corrected chi connectivity index (χ2v) is 11.6. The highest BCUT2D eigenvalue weighted by Gasteiger charge is 2.34. The summed E-state index contributed by atoms with van der Waals surface area (Å²) in [6.07, 6.45) is 6.10. The maximum Gasteiger partial charge on any atom is 0.408 e. The first-order valence-electron chi connectivity index (χ1n) is 12.2. The van der Waals surface area contributed by atoms with Gasteiger partial charge in [0.2, 0.25) is 0 Å². The van der Waals surface area contributed by atoms with E-state index >= 15 is 0 Å². The van der Waals surface area contributed by atoms with E-state index in [-0.39, 0.29) is 18.2 Å². The Hall–Kier alpha value is -2.49. The van der Waals surface area contributed by atoms with Crippen molar-refractivity contribution in [3.63, 3.8) is 0 Å². The fraction of sp³-hybridized carbons (Fsp3) is 0.500. The Morgan fingerprint density at radius 2 is 1.83 bits per heavy atom. The van der Waals surface area contributed by atoms with Gasteiger partial charge in [0, 0.05) is 21.9 Å². The van der Waals surface area contributed by atoms with Crippen LogP contribution in [-0.4, -0.2) is 34.0 Å². The van der Waals surface area contributed by atoms with Gasteiger partial charge in [-0.3, -0.25) is 14.4 Å². The minimum absolute atomic E-state index is 0.00930. The van der Waals surface area contributed by atoms with E-state index < -0.39 is 23.6 Å². The SMILES string of the molecule is CC(C)(C)OC(=O)N[C@H]1CSc2c(C(=O)NOC3CCCCC3)cn(Cc3ccc(Cl)cc3)c(=O)c21. The molecule has 1 saturated carbocycles. The lowest BCUT2D eigenvalue weighted by atomic mass is 9.98. The Kier molecular flexibility index (Phi) is 8.32. The summed E-state index contributed by atoms with van der Waals surface area (Å²) in [5.74, 6) is 0.00512. The van der Waals surface area contributed by atoms with Crippen LogP contribution < -0.4 is 16.4 Å². The van der Waals surface area contributed by atoms with E-state index in [4.69, 9.17) is 21.2 Å². The van der Waals surface area contributed by atoms with Crippen molar-refractivity contribution in [2.45, 2.75) is 82.1 Å². The fourth-order valence-electron chi connectivity index (χ4n) is 4.39. The number of hydroxylamine groups is 1. The molecule has 2 aromatic rings. The molecule has 1 fully saturated rings. The molecule has 10 heteroatoms. The fourth-order valence-corrected chi connectivity index (χ4v) is 5.78. The predicted molar refractivity (Wildman–Crippen MR) is 140 cm³/mol. The summed E-state index contributed by atoms with van der Waals surface area (Å²) in [7, 11) is 0. The first-order chi connectivity index (χ1) is 17.1. The van der Waals surface area contributed by atoms with E-state index in [2.05, 4.69) is 10.8 Å². The Morgan fingerprint density at radius 1 is 1.14 bits per heavy atom. The van der Waals surface area contributed by atoms with Gasteiger partial charge in [-0.2, -0.15) is 0 Å². The lowest BCUT2D eigenvalue weighted by molar-refractivity contribution is -0.0314. The molecule has 2 heterocycles. The molecule has 0 unspecified atom stereocenters. The average Bonchev–Trinajstić information content (AvgIpc) is 3.24. The molecule has 1 aromatic carbocycles. The van der Waals surface area contributed by atoms with Crippen LogP contribution in [0.1, 0.15) is 80.4 Å². The van der Waals surface area contributed by atoms with Gasteiger partial charge in [-0.25, -0.2) is 10.3 Å². The number of amides is 2. The first kappa shape index (κ1) is 26.6. The van der Waals surface area contributed by atoms with Crippen molar-refractivity contribution in [2.75, 3.05) is 5.75 Å². The minimum atomic E-state index is -0.675. The number of hydrogen-bond donors (Lipinski definition) is 2. The minimum Gasteiger partial charge on any atom is -0.444 e. The van der Waals surface area contributed by atoms with Gasteiger partial charge < -0.3 is 14.6 Å². The summed E-state index contributed by atoms with van der Waals surface area (Å²) in [6, 6.07) is 6.58. The lowest BCUT2D eigenvalue weighted by Gasteiger charge is -2.22. The number of hydrogen-bond acceptors (Lipinski definition) is 6. The number of pyridine rings is 1. The number of rotatable bonds is 6. The second kappa shape index (κ2) is 11.3. The van der Waals surface area contributed by atoms with Crippen LogP contribution in [0, 0.1) is 0 Å². The summed E-state index contributed by atoms with van der Waals surface area (Å²) >= 11 is 7.38. The highest BCUT2D eigenvalue weighted by atomic mass is 35.5. The van der Waals surface area contributed by atoms with Crippen molar-refractivity contribution < 1.29 is 19.2 Å². The number of halogens is 1. The van der Waals surface area contributed by atoms with Crippen LogP contribution in [0.5, 0.6) is 0 Å². The van der Waals surface area contributed by atoms with Crippen molar-refractivity contribution in [1.29, 1.82) is 0 Å². The molecule has 1 aliphatic heterocycles. The molecule has 0 spiro atoms. The third-order valence-corrected chi connectivity index (χ3v) is 7.56. The Morgan fingerprint density at radius 3 is 2.50 bits per heavy atom. The summed E-state index contributed by atoms with van der Waals surface area (Å²) in [6.45, 7) is 5.57. The van der Waals surface area contributed by atoms with Crippen LogP contribution in [-0.2, 0) is 16.1 Å². The predicted octanol–water partition coefficient (Wildman–Crippen LogP) is 5.22. The molecule has 0 radical (unpaired) electrons. The van der Waals surface area contributed by atoms with Gasteiger partial charge in [0.15, 0.2) is 0 Å². The maximum absolute atomic E-state index is 13.6. The van der Waals surface area contributed by atoms with Gasteiger partial charge >= 0.3 is 6.09 Å². The zero-order valence-corrected chi connectivity index (χ0v) is 22.3. The number of benzene rings is 1. The maximum atomic E-state index is 13.6. The van der Waals surface area contributed by atoms with Crippen molar-refractivity contribution >= 4 is 35.4 Å². The van der Waals surface area contributed by atoms with Gasteiger partial charge in [-0.1, -0.05) is 43.0 Å². The molecule has 8 nitrogen and oxygen atoms in total. The van der Waals surface area contributed by atoms with Crippen LogP contribution in [0.3, 0.4) is 0 Å². The van der Waals surface area contributed by atoms with Gasteiger partial charge in [0.05, 0.1) is 29.8 Å². The standard InChI is InChI=1S/C26H32ClN3O5S/c1-26(2,3)34-25(33)28-20-15-36-22-19(23(31)29-35-18-7-5-4-6-8-18)14-30(24(32)21(20)22)13-16-9-11-17(27)12-10-16/h9-12,14,18,20H,4-8,13,15H2,1-3H3,(H,28,33)(H,29,31)/t20-/m0/s1. The molecule has 2 amide bonds. The van der Waals surface area contributed by atoms with Gasteiger partial charge in [-0.15, -0.1) is 11.8 Å². The number of ether oxygens (including phenoxy) is 1. The van der Waals surface area contributed by atoms with Gasteiger partial charge in [0.1, 0.15) is 5.60 Å². The van der Waals surface area contributed by atoms with Crippen LogP contribution in [0.25, 0.3) is 0 Å². The normalized spacial score (nSPS) is 17.9. The van der Waals surface area contributed by atoms with Crippen molar-refractivity contribution in [3.8, 4) is 0 Å². The van der Waals surface area contributed by atoms with Crippen molar-refractivity contribution in [1.82, 2.24) is 15.4 Å². The van der Waals surface area contributed by atoms with E-state index in [0.29, 0.717) is 26.8 Å². The molecule has 1 aliphatic carbocycles. The summed E-state index contributed by atoms with van der Waals surface area (Å²) in [5.41, 5.74) is 3.24. The van der Waals surface area contributed by atoms with E-state index in [1.165, 1.54) is 22.7 Å². The summed E-state index contributed by atoms with van der Waals surface area (Å²) in [4.78, 5) is 45.5. The molecule has 1 atom stereocenters. The summed E-state index contributed by atoms with van der Waals surface area (Å²) in [5, 5.41) is 3.40. The van der Waals surface area contributed by atoms with E-state index in [9.17, 15) is 14.4 Å². The van der Waals surface area contributed by atoms with Crippen LogP contribution in [0.15, 0.2) is 40.2 Å². The van der Waals surface area contributed by atoms with Crippen LogP contribution >= 0.6 is 23.4 Å². The van der Waals surface area contributed by atoms with Crippen LogP contribution in [0.2, 0.25) is 5.02 Å². The number of thioether (sulfide) groups is 1. The molecule has 0 bridgehead atoms. The Bertz CT molecular complexity index is 1170. The molecule has 0 saturated heterocycles. The Balaban J connectivity index is 1.64. The van der Waals surface area contributed by atoms with Crippen molar-refractivity contribution in [2.24, 2.45) is 0 Å². The topological polar surface area (TPSA) is 98.7 Å². The number of aromatic nitrogens is 1. The van der Waals surface area contributed by atoms with E-state index in [1.807, 2.05) is 12.1 Å². The highest BCUT2D eigenvalue weighted by Crippen LogP contribution is 2.39. The largest absolute Gasteiger partial charge is 0.444 e. The molecule has 194 valence electrons. The zero-order valence-electron chi connectivity index (χ0n) is 20.8. The average molecular weight is 534 g/mol. The lowest BCUT2D eigenvalue weighted by Crippen LogP contribution is -2.38. The molecule has 2 N–H and O–H groups in total. The smallest absolute Gasteiger partial charge is 0.408 e. The van der Waals surface area contributed by atoms with Crippen LogP contribution in [0.4, 0.5) is 4.79 Å². The third-order valence-electron chi connectivity index (χ3n) is 6.08. The number of nitrogens with zero attached hydrogens (tertiary/aromatic N) is 1. The molecule has 36 heavy (non-hydrogen) atoms. The van der Waals surface area contributed by atoms with Crippen molar-refractivity contribution in [3.05, 3.63) is 62.5 Å². The monoisotopic (exact) mass is 533 g/mol. The van der Waals surface area contributed by atoms with Gasteiger partial charge in [-0.05, 0) is 51.3 Å². The number of fused-ring (bicyclic) bond motifs is 1. The molecule has 2 aliphatic rings. The Labute approximate surface area is 220 Å². The molecular weight excluding hydrogens is 502 g/mol. The third kappa shape index (κ3) is 6.63. The number of nitrogens with one attached hydrogen (secondary N) is 2. The summed E-state index contributed by atoms with van der Waals surface area (Å²) < 4.78 is 6.89. The molecular formula is C26H32ClN3O5S. The molecule has 4 rings (SSSR count). The van der Waals surface area contributed by atoms with E-state index in [1.54, 1.807) is 39.1 Å². The number of alkyl carbamates (subject to hydrolysis) is 1. The molecule has 1 aromatic heterocycles. The highest BCUT2D eigenvalue weighted by molar-refractivity contribution is 7.99. The quantitative estimate of drug-likeness (QED) is 0.494. The number of carbonyl (C=O) groups excluding carboxylic acids is 2. The van der Waals surface area contributed by atoms with E-state index in [0.717, 1.165) is 31.2 Å². The second-order valence-electron chi connectivity index (χ2n) is 10.2. The zero-order chi connectivity index (χ0) is 25.9. The number of carbonyl (C=O) groups is 2. The first-order valence-corrected chi connectivity index (χ1v) is 13.6.